The molecule has 1 atom stereocenters. The molecular weight excluding hydrogens is 452 g/mol. The molecule has 2 aromatic carbocycles. The van der Waals surface area contributed by atoms with Gasteiger partial charge in [-0.05, 0) is 79.3 Å². The summed E-state index contributed by atoms with van der Waals surface area (Å²) >= 11 is 1.67. The predicted molar refractivity (Wildman–Crippen MR) is 144 cm³/mol. The van der Waals surface area contributed by atoms with Gasteiger partial charge in [-0.2, -0.15) is 5.26 Å². The highest BCUT2D eigenvalue weighted by Crippen LogP contribution is 2.45. The SMILES string of the molecule is CCOc1cc(C=Nc2sc3c(c2C#N)CC[C@H](C(C)(C)C)C3)ccc1OCc1cccc(C)c1. The van der Waals surface area contributed by atoms with Gasteiger partial charge in [-0.15, -0.1) is 11.3 Å². The first-order chi connectivity index (χ1) is 16.8. The summed E-state index contributed by atoms with van der Waals surface area (Å²) < 4.78 is 11.9. The van der Waals surface area contributed by atoms with Crippen molar-refractivity contribution >= 4 is 22.6 Å². The summed E-state index contributed by atoms with van der Waals surface area (Å²) in [5.41, 5.74) is 5.48. The maximum Gasteiger partial charge on any atom is 0.161 e. The fraction of sp³-hybridized carbons (Fsp3) is 0.400. The van der Waals surface area contributed by atoms with Crippen LogP contribution in [0.1, 0.15) is 66.8 Å². The molecule has 1 aliphatic carbocycles. The summed E-state index contributed by atoms with van der Waals surface area (Å²) in [6.07, 6.45) is 4.96. The summed E-state index contributed by atoms with van der Waals surface area (Å²) in [6, 6.07) is 16.6. The number of fused-ring (bicyclic) bond motifs is 1. The van der Waals surface area contributed by atoms with Crippen molar-refractivity contribution in [3.63, 3.8) is 0 Å². The fourth-order valence-electron chi connectivity index (χ4n) is 4.61. The monoisotopic (exact) mass is 486 g/mol. The molecule has 1 heterocycles. The van der Waals surface area contributed by atoms with Gasteiger partial charge in [0.2, 0.25) is 0 Å². The first kappa shape index (κ1) is 25.0. The Morgan fingerprint density at radius 1 is 1.14 bits per heavy atom. The lowest BCUT2D eigenvalue weighted by molar-refractivity contribution is 0.218. The van der Waals surface area contributed by atoms with E-state index in [2.05, 4.69) is 52.0 Å². The van der Waals surface area contributed by atoms with E-state index in [-0.39, 0.29) is 5.41 Å². The molecule has 182 valence electrons. The van der Waals surface area contributed by atoms with Crippen LogP contribution >= 0.6 is 11.3 Å². The maximum absolute atomic E-state index is 9.85. The van der Waals surface area contributed by atoms with E-state index >= 15 is 0 Å². The fourth-order valence-corrected chi connectivity index (χ4v) is 5.83. The zero-order valence-corrected chi connectivity index (χ0v) is 22.2. The molecule has 3 aromatic rings. The molecule has 4 rings (SSSR count). The third-order valence-electron chi connectivity index (χ3n) is 6.66. The van der Waals surface area contributed by atoms with E-state index in [1.165, 1.54) is 16.0 Å². The number of rotatable bonds is 7. The summed E-state index contributed by atoms with van der Waals surface area (Å²) in [7, 11) is 0. The summed E-state index contributed by atoms with van der Waals surface area (Å²) in [5, 5.41) is 10.7. The maximum atomic E-state index is 9.85. The number of benzene rings is 2. The number of hydrogen-bond donors (Lipinski definition) is 0. The molecule has 0 spiro atoms. The molecule has 0 saturated carbocycles. The number of hydrogen-bond acceptors (Lipinski definition) is 5. The molecule has 5 heteroatoms. The Kier molecular flexibility index (Phi) is 7.62. The Labute approximate surface area is 213 Å². The van der Waals surface area contributed by atoms with E-state index in [1.54, 1.807) is 11.3 Å². The molecule has 0 bridgehead atoms. The normalized spacial score (nSPS) is 15.6. The van der Waals surface area contributed by atoms with Crippen LogP contribution in [0.15, 0.2) is 47.5 Å². The van der Waals surface area contributed by atoms with Gasteiger partial charge in [-0.1, -0.05) is 50.6 Å². The molecule has 0 unspecified atom stereocenters. The number of nitriles is 1. The van der Waals surface area contributed by atoms with Crippen molar-refractivity contribution in [2.24, 2.45) is 16.3 Å². The molecule has 0 radical (unpaired) electrons. The van der Waals surface area contributed by atoms with Gasteiger partial charge < -0.3 is 9.47 Å². The summed E-state index contributed by atoms with van der Waals surface area (Å²) in [4.78, 5) is 6.08. The number of nitrogens with zero attached hydrogens (tertiary/aromatic N) is 2. The van der Waals surface area contributed by atoms with Crippen molar-refractivity contribution in [3.8, 4) is 17.6 Å². The topological polar surface area (TPSA) is 54.6 Å². The standard InChI is InChI=1S/C30H34N2O2S/c1-6-33-27-15-21(10-13-26(27)34-19-22-9-7-8-20(2)14-22)18-32-29-25(17-31)24-12-11-23(30(3,4)5)16-28(24)35-29/h7-10,13-15,18,23H,6,11-12,16,19H2,1-5H3/t23-/m0/s1. The first-order valence-corrected chi connectivity index (χ1v) is 13.1. The molecule has 1 aromatic heterocycles. The average molecular weight is 487 g/mol. The average Bonchev–Trinajstić information content (AvgIpc) is 3.18. The molecule has 0 aliphatic heterocycles. The van der Waals surface area contributed by atoms with Crippen molar-refractivity contribution in [2.75, 3.05) is 6.61 Å². The smallest absolute Gasteiger partial charge is 0.161 e. The van der Waals surface area contributed by atoms with Crippen LogP contribution in [-0.4, -0.2) is 12.8 Å². The quantitative estimate of drug-likeness (QED) is 0.320. The van der Waals surface area contributed by atoms with E-state index in [4.69, 9.17) is 14.5 Å². The Hall–Kier alpha value is -3.10. The van der Waals surface area contributed by atoms with Crippen LogP contribution in [0, 0.1) is 29.6 Å². The van der Waals surface area contributed by atoms with Crippen LogP contribution in [0.25, 0.3) is 0 Å². The molecule has 0 fully saturated rings. The number of ether oxygens (including phenoxy) is 2. The highest BCUT2D eigenvalue weighted by atomic mass is 32.1. The van der Waals surface area contributed by atoms with Crippen molar-refractivity contribution in [1.29, 1.82) is 5.26 Å². The minimum absolute atomic E-state index is 0.275. The molecule has 4 nitrogen and oxygen atoms in total. The van der Waals surface area contributed by atoms with Crippen LogP contribution < -0.4 is 9.47 Å². The third kappa shape index (κ3) is 5.94. The van der Waals surface area contributed by atoms with Gasteiger partial charge in [0.25, 0.3) is 0 Å². The van der Waals surface area contributed by atoms with Crippen LogP contribution in [0.3, 0.4) is 0 Å². The highest BCUT2D eigenvalue weighted by molar-refractivity contribution is 7.16. The molecule has 0 N–H and O–H groups in total. The van der Waals surface area contributed by atoms with Crippen LogP contribution in [-0.2, 0) is 19.4 Å². The van der Waals surface area contributed by atoms with E-state index in [1.807, 2.05) is 37.4 Å². The molecule has 0 saturated heterocycles. The molecule has 1 aliphatic rings. The van der Waals surface area contributed by atoms with Gasteiger partial charge >= 0.3 is 0 Å². The molecule has 0 amide bonds. The van der Waals surface area contributed by atoms with Gasteiger partial charge in [0.15, 0.2) is 11.5 Å². The second kappa shape index (κ2) is 10.7. The Balaban J connectivity index is 1.53. The summed E-state index contributed by atoms with van der Waals surface area (Å²) in [6.45, 7) is 12.0. The second-order valence-electron chi connectivity index (χ2n) is 10.3. The minimum Gasteiger partial charge on any atom is -0.490 e. The van der Waals surface area contributed by atoms with Gasteiger partial charge in [-0.25, -0.2) is 4.99 Å². The zero-order chi connectivity index (χ0) is 25.0. The van der Waals surface area contributed by atoms with Crippen LogP contribution in [0.5, 0.6) is 11.5 Å². The minimum atomic E-state index is 0.275. The number of thiophene rings is 1. The van der Waals surface area contributed by atoms with E-state index in [0.29, 0.717) is 30.6 Å². The largest absolute Gasteiger partial charge is 0.490 e. The first-order valence-electron chi connectivity index (χ1n) is 12.3. The van der Waals surface area contributed by atoms with Crippen molar-refractivity contribution in [3.05, 3.63) is 75.2 Å². The van der Waals surface area contributed by atoms with Crippen molar-refractivity contribution in [2.45, 2.75) is 60.5 Å². The Bertz CT molecular complexity index is 1260. The van der Waals surface area contributed by atoms with Gasteiger partial charge in [0, 0.05) is 11.1 Å². The van der Waals surface area contributed by atoms with E-state index in [9.17, 15) is 5.26 Å². The number of aryl methyl sites for hydroxylation is 1. The highest BCUT2D eigenvalue weighted by Gasteiger charge is 2.32. The van der Waals surface area contributed by atoms with Crippen LogP contribution in [0.2, 0.25) is 0 Å². The summed E-state index contributed by atoms with van der Waals surface area (Å²) in [5.74, 6) is 2.05. The lowest BCUT2D eigenvalue weighted by Gasteiger charge is -2.33. The van der Waals surface area contributed by atoms with E-state index < -0.39 is 0 Å². The lowest BCUT2D eigenvalue weighted by Crippen LogP contribution is -2.26. The van der Waals surface area contributed by atoms with E-state index in [0.717, 1.165) is 41.0 Å². The Morgan fingerprint density at radius 2 is 1.97 bits per heavy atom. The third-order valence-corrected chi connectivity index (χ3v) is 7.82. The van der Waals surface area contributed by atoms with Crippen LogP contribution in [0.4, 0.5) is 5.00 Å². The zero-order valence-electron chi connectivity index (χ0n) is 21.4. The Morgan fingerprint density at radius 3 is 2.69 bits per heavy atom. The van der Waals surface area contributed by atoms with Gasteiger partial charge in [0.05, 0.1) is 12.2 Å². The molecule has 35 heavy (non-hydrogen) atoms. The second-order valence-corrected chi connectivity index (χ2v) is 11.4. The van der Waals surface area contributed by atoms with Crippen molar-refractivity contribution in [1.82, 2.24) is 0 Å². The predicted octanol–water partition coefficient (Wildman–Crippen LogP) is 7.81. The molecular formula is C30H34N2O2S. The lowest BCUT2D eigenvalue weighted by atomic mass is 9.72. The van der Waals surface area contributed by atoms with Gasteiger partial charge in [-0.3, -0.25) is 0 Å². The van der Waals surface area contributed by atoms with Gasteiger partial charge in [0.1, 0.15) is 17.7 Å². The van der Waals surface area contributed by atoms with Crippen molar-refractivity contribution < 1.29 is 9.47 Å². The number of aliphatic imine (C=N–C) groups is 1.